The first-order valence-electron chi connectivity index (χ1n) is 9.40. The van der Waals surface area contributed by atoms with Gasteiger partial charge >= 0.3 is 0 Å². The minimum atomic E-state index is -0.527. The van der Waals surface area contributed by atoms with Crippen molar-refractivity contribution in [3.8, 4) is 18.1 Å². The highest BCUT2D eigenvalue weighted by molar-refractivity contribution is 5.29. The van der Waals surface area contributed by atoms with Crippen LogP contribution < -0.4 is 4.74 Å². The van der Waals surface area contributed by atoms with E-state index in [0.29, 0.717) is 12.6 Å². The first-order chi connectivity index (χ1) is 13.2. The summed E-state index contributed by atoms with van der Waals surface area (Å²) in [7, 11) is 1.69. The second-order valence-corrected chi connectivity index (χ2v) is 7.01. The molecule has 1 fully saturated rings. The van der Waals surface area contributed by atoms with Gasteiger partial charge in [-0.05, 0) is 42.7 Å². The van der Waals surface area contributed by atoms with E-state index in [2.05, 4.69) is 45.8 Å². The fraction of sp³-hybridized carbons (Fsp3) is 0.455. The number of nitrogens with zero attached hydrogens (tertiary/aromatic N) is 2. The van der Waals surface area contributed by atoms with Gasteiger partial charge in [-0.1, -0.05) is 18.1 Å². The molecular formula is C22H28N2O3. The van der Waals surface area contributed by atoms with E-state index in [1.165, 1.54) is 24.1 Å². The van der Waals surface area contributed by atoms with E-state index in [9.17, 15) is 5.11 Å². The molecule has 5 nitrogen and oxygen atoms in total. The van der Waals surface area contributed by atoms with Gasteiger partial charge in [0.05, 0.1) is 19.8 Å². The van der Waals surface area contributed by atoms with Crippen LogP contribution in [0.15, 0.2) is 42.6 Å². The molecule has 1 heterocycles. The van der Waals surface area contributed by atoms with Crippen molar-refractivity contribution < 1.29 is 14.6 Å². The molecule has 0 bridgehead atoms. The maximum Gasteiger partial charge on any atom is 0.119 e. The van der Waals surface area contributed by atoms with E-state index in [0.717, 1.165) is 18.8 Å². The Morgan fingerprint density at radius 3 is 2.93 bits per heavy atom. The third-order valence-corrected chi connectivity index (χ3v) is 4.78. The van der Waals surface area contributed by atoms with Crippen LogP contribution in [0.4, 0.5) is 0 Å². The Bertz CT molecular complexity index is 761. The lowest BCUT2D eigenvalue weighted by atomic mass is 10.2. The van der Waals surface area contributed by atoms with Crippen LogP contribution in [0.5, 0.6) is 5.75 Å². The van der Waals surface area contributed by atoms with Crippen molar-refractivity contribution in [2.75, 3.05) is 26.9 Å². The fourth-order valence-electron chi connectivity index (χ4n) is 3.28. The number of hydrogen-bond donors (Lipinski definition) is 1. The van der Waals surface area contributed by atoms with E-state index in [4.69, 9.17) is 15.9 Å². The van der Waals surface area contributed by atoms with Gasteiger partial charge in [0.2, 0.25) is 0 Å². The first kappa shape index (κ1) is 19.5. The highest BCUT2D eigenvalue weighted by atomic mass is 16.5. The summed E-state index contributed by atoms with van der Waals surface area (Å²) >= 11 is 0. The Balaban J connectivity index is 1.62. The molecule has 0 spiro atoms. The Kier molecular flexibility index (Phi) is 6.94. The monoisotopic (exact) mass is 368 g/mol. The van der Waals surface area contributed by atoms with Gasteiger partial charge in [0.15, 0.2) is 0 Å². The van der Waals surface area contributed by atoms with Gasteiger partial charge < -0.3 is 19.1 Å². The van der Waals surface area contributed by atoms with Crippen molar-refractivity contribution in [3.05, 3.63) is 53.9 Å². The van der Waals surface area contributed by atoms with Crippen molar-refractivity contribution in [1.29, 1.82) is 0 Å². The Labute approximate surface area is 161 Å². The molecule has 0 unspecified atom stereocenters. The number of terminal acetylenes is 1. The van der Waals surface area contributed by atoms with E-state index in [1.54, 1.807) is 7.11 Å². The van der Waals surface area contributed by atoms with E-state index < -0.39 is 6.10 Å². The zero-order valence-electron chi connectivity index (χ0n) is 15.9. The predicted octanol–water partition coefficient (Wildman–Crippen LogP) is 2.52. The minimum Gasteiger partial charge on any atom is -0.497 e. The summed E-state index contributed by atoms with van der Waals surface area (Å²) in [4.78, 5) is 2.35. The molecule has 1 aliphatic rings. The van der Waals surface area contributed by atoms with Gasteiger partial charge in [-0.2, -0.15) is 0 Å². The molecule has 144 valence electrons. The highest BCUT2D eigenvalue weighted by Crippen LogP contribution is 2.28. The largest absolute Gasteiger partial charge is 0.497 e. The van der Waals surface area contributed by atoms with Gasteiger partial charge in [0.1, 0.15) is 12.4 Å². The highest BCUT2D eigenvalue weighted by Gasteiger charge is 2.30. The molecular weight excluding hydrogens is 340 g/mol. The summed E-state index contributed by atoms with van der Waals surface area (Å²) in [6.07, 6.45) is 9.14. The Morgan fingerprint density at radius 2 is 2.19 bits per heavy atom. The molecule has 1 aromatic carbocycles. The second kappa shape index (κ2) is 9.61. The summed E-state index contributed by atoms with van der Waals surface area (Å²) in [6, 6.07) is 12.9. The first-order valence-corrected chi connectivity index (χ1v) is 9.40. The normalized spacial score (nSPS) is 14.9. The molecule has 2 aromatic rings. The molecule has 1 atom stereocenters. The van der Waals surface area contributed by atoms with Crippen LogP contribution in [0, 0.1) is 12.3 Å². The van der Waals surface area contributed by atoms with Gasteiger partial charge in [-0.3, -0.25) is 4.90 Å². The third kappa shape index (κ3) is 5.86. The molecule has 27 heavy (non-hydrogen) atoms. The molecule has 1 saturated carbocycles. The van der Waals surface area contributed by atoms with Crippen LogP contribution in [0.1, 0.15) is 24.1 Å². The molecule has 0 radical (unpaired) electrons. The van der Waals surface area contributed by atoms with E-state index >= 15 is 0 Å². The van der Waals surface area contributed by atoms with E-state index in [-0.39, 0.29) is 13.2 Å². The zero-order valence-corrected chi connectivity index (χ0v) is 15.9. The SMILES string of the molecule is C#CCOC[C@H](O)CN(Cc1cccn1Cc1cccc(OC)c1)C1CC1. The number of rotatable bonds is 11. The maximum absolute atomic E-state index is 10.3. The summed E-state index contributed by atoms with van der Waals surface area (Å²) in [5, 5.41) is 10.3. The standard InChI is InChI=1S/C22H28N2O3/c1-3-12-27-17-21(25)16-24(19-9-10-19)15-20-7-5-11-23(20)14-18-6-4-8-22(13-18)26-2/h1,4-8,11,13,19,21,25H,9-10,12,14-17H2,2H3/t21-/m1/s1. The average Bonchev–Trinajstić information content (AvgIpc) is 3.44. The quantitative estimate of drug-likeness (QED) is 0.489. The second-order valence-electron chi connectivity index (χ2n) is 7.01. The lowest BCUT2D eigenvalue weighted by molar-refractivity contribution is 0.0238. The molecule has 0 saturated heterocycles. The molecule has 1 N–H and O–H groups in total. The van der Waals surface area contributed by atoms with Crippen LogP contribution in [0.25, 0.3) is 0 Å². The van der Waals surface area contributed by atoms with Gasteiger partial charge in [0, 0.05) is 37.6 Å². The zero-order chi connectivity index (χ0) is 19.1. The molecule has 0 amide bonds. The lowest BCUT2D eigenvalue weighted by Crippen LogP contribution is -2.36. The average molecular weight is 368 g/mol. The number of aliphatic hydroxyl groups is 1. The fourth-order valence-corrected chi connectivity index (χ4v) is 3.28. The van der Waals surface area contributed by atoms with Crippen LogP contribution >= 0.6 is 0 Å². The van der Waals surface area contributed by atoms with Gasteiger partial charge in [-0.25, -0.2) is 0 Å². The molecule has 0 aliphatic heterocycles. The van der Waals surface area contributed by atoms with Crippen molar-refractivity contribution in [2.45, 2.75) is 38.1 Å². The van der Waals surface area contributed by atoms with E-state index in [1.807, 2.05) is 12.1 Å². The molecule has 1 aliphatic carbocycles. The number of benzene rings is 1. The van der Waals surface area contributed by atoms with Gasteiger partial charge in [-0.15, -0.1) is 6.42 Å². The Morgan fingerprint density at radius 1 is 1.33 bits per heavy atom. The smallest absolute Gasteiger partial charge is 0.119 e. The third-order valence-electron chi connectivity index (χ3n) is 4.78. The van der Waals surface area contributed by atoms with Crippen LogP contribution in [0.2, 0.25) is 0 Å². The van der Waals surface area contributed by atoms with Crippen molar-refractivity contribution in [2.24, 2.45) is 0 Å². The predicted molar refractivity (Wildman–Crippen MR) is 106 cm³/mol. The van der Waals surface area contributed by atoms with Crippen LogP contribution in [-0.2, 0) is 17.8 Å². The van der Waals surface area contributed by atoms with Gasteiger partial charge in [0.25, 0.3) is 0 Å². The Hall–Kier alpha value is -2.26. The number of methoxy groups -OCH3 is 1. The number of ether oxygens (including phenoxy) is 2. The summed E-state index contributed by atoms with van der Waals surface area (Å²) in [6.45, 7) is 2.72. The summed E-state index contributed by atoms with van der Waals surface area (Å²) < 4.78 is 12.9. The minimum absolute atomic E-state index is 0.240. The van der Waals surface area contributed by atoms with Crippen molar-refractivity contribution >= 4 is 0 Å². The maximum atomic E-state index is 10.3. The number of aliphatic hydroxyl groups excluding tert-OH is 1. The van der Waals surface area contributed by atoms with Crippen molar-refractivity contribution in [1.82, 2.24) is 9.47 Å². The molecule has 1 aromatic heterocycles. The summed E-state index contributed by atoms with van der Waals surface area (Å²) in [5.41, 5.74) is 2.44. The number of hydrogen-bond acceptors (Lipinski definition) is 4. The lowest BCUT2D eigenvalue weighted by Gasteiger charge is -2.25. The number of aromatic nitrogens is 1. The van der Waals surface area contributed by atoms with Crippen molar-refractivity contribution in [3.63, 3.8) is 0 Å². The summed E-state index contributed by atoms with van der Waals surface area (Å²) in [5.74, 6) is 3.30. The van der Waals surface area contributed by atoms with Crippen LogP contribution in [0.3, 0.4) is 0 Å². The molecule has 3 rings (SSSR count). The van der Waals surface area contributed by atoms with Crippen LogP contribution in [-0.4, -0.2) is 53.6 Å². The topological polar surface area (TPSA) is 46.9 Å². The molecule has 5 heteroatoms.